The number of methoxy groups -OCH3 is 1. The first-order valence-electron chi connectivity index (χ1n) is 5.41. The normalized spacial score (nSPS) is 10.2. The van der Waals surface area contributed by atoms with E-state index in [1.165, 1.54) is 0 Å². The summed E-state index contributed by atoms with van der Waals surface area (Å²) in [6.45, 7) is 5.70. The van der Waals surface area contributed by atoms with Gasteiger partial charge in [0.25, 0.3) is 0 Å². The molecular formula is C11H18ClN3O. The third-order valence-electron chi connectivity index (χ3n) is 2.16. The van der Waals surface area contributed by atoms with Crippen LogP contribution in [0.2, 0.25) is 0 Å². The summed E-state index contributed by atoms with van der Waals surface area (Å²) in [7, 11) is 1.61. The van der Waals surface area contributed by atoms with Crippen LogP contribution in [0.4, 0.5) is 5.95 Å². The van der Waals surface area contributed by atoms with E-state index in [0.29, 0.717) is 17.7 Å². The smallest absolute Gasteiger partial charge is 0.228 e. The Labute approximate surface area is 102 Å². The minimum Gasteiger partial charge on any atom is -0.481 e. The number of alkyl halides is 1. The Morgan fingerprint density at radius 3 is 2.69 bits per heavy atom. The van der Waals surface area contributed by atoms with Gasteiger partial charge < -0.3 is 9.64 Å². The molecular weight excluding hydrogens is 226 g/mol. The molecule has 0 aliphatic carbocycles. The standard InChI is InChI=1S/C11H18ClN3O/c1-4-6-15(7-5-12)11-13-9(2)8-10(14-11)16-3/h8H,4-7H2,1-3H3. The molecule has 1 aromatic heterocycles. The quantitative estimate of drug-likeness (QED) is 0.719. The molecule has 0 radical (unpaired) electrons. The van der Waals surface area contributed by atoms with E-state index in [9.17, 15) is 0 Å². The molecule has 1 rings (SSSR count). The summed E-state index contributed by atoms with van der Waals surface area (Å²) in [5.41, 5.74) is 0.900. The summed E-state index contributed by atoms with van der Waals surface area (Å²) < 4.78 is 5.13. The van der Waals surface area contributed by atoms with Crippen molar-refractivity contribution >= 4 is 17.5 Å². The van der Waals surface area contributed by atoms with Crippen molar-refractivity contribution in [2.45, 2.75) is 20.3 Å². The summed E-state index contributed by atoms with van der Waals surface area (Å²) in [4.78, 5) is 10.8. The molecule has 0 saturated carbocycles. The van der Waals surface area contributed by atoms with Gasteiger partial charge in [-0.05, 0) is 13.3 Å². The maximum Gasteiger partial charge on any atom is 0.228 e. The van der Waals surface area contributed by atoms with E-state index < -0.39 is 0 Å². The molecule has 0 aliphatic rings. The Hall–Kier alpha value is -1.03. The average molecular weight is 244 g/mol. The predicted molar refractivity (Wildman–Crippen MR) is 66.5 cm³/mol. The average Bonchev–Trinajstić information content (AvgIpc) is 2.28. The Kier molecular flexibility index (Phi) is 5.32. The maximum absolute atomic E-state index is 5.77. The summed E-state index contributed by atoms with van der Waals surface area (Å²) in [5.74, 6) is 1.86. The minimum absolute atomic E-state index is 0.569. The highest BCUT2D eigenvalue weighted by Crippen LogP contribution is 2.15. The van der Waals surface area contributed by atoms with E-state index in [1.807, 2.05) is 13.0 Å². The molecule has 0 aromatic carbocycles. The second-order valence-corrected chi connectivity index (χ2v) is 3.91. The van der Waals surface area contributed by atoms with Gasteiger partial charge in [-0.2, -0.15) is 4.98 Å². The molecule has 90 valence electrons. The number of hydrogen-bond acceptors (Lipinski definition) is 4. The van der Waals surface area contributed by atoms with Gasteiger partial charge in [-0.15, -0.1) is 11.6 Å². The van der Waals surface area contributed by atoms with Gasteiger partial charge in [0.2, 0.25) is 11.8 Å². The fourth-order valence-corrected chi connectivity index (χ4v) is 1.66. The summed E-state index contributed by atoms with van der Waals surface area (Å²) in [6.07, 6.45) is 1.04. The third kappa shape index (κ3) is 3.52. The van der Waals surface area contributed by atoms with Gasteiger partial charge in [-0.25, -0.2) is 4.98 Å². The molecule has 0 fully saturated rings. The van der Waals surface area contributed by atoms with E-state index in [2.05, 4.69) is 21.8 Å². The Morgan fingerprint density at radius 1 is 1.38 bits per heavy atom. The molecule has 1 heterocycles. The first-order valence-corrected chi connectivity index (χ1v) is 5.95. The van der Waals surface area contributed by atoms with Crippen LogP contribution >= 0.6 is 11.6 Å². The Morgan fingerprint density at radius 2 is 2.12 bits per heavy atom. The van der Waals surface area contributed by atoms with Crippen LogP contribution in [-0.4, -0.2) is 36.0 Å². The molecule has 0 saturated heterocycles. The largest absolute Gasteiger partial charge is 0.481 e. The van der Waals surface area contributed by atoms with Crippen molar-refractivity contribution < 1.29 is 4.74 Å². The minimum atomic E-state index is 0.569. The molecule has 0 bridgehead atoms. The van der Waals surface area contributed by atoms with Crippen LogP contribution in [0.3, 0.4) is 0 Å². The number of nitrogens with zero attached hydrogens (tertiary/aromatic N) is 3. The van der Waals surface area contributed by atoms with Crippen LogP contribution in [0, 0.1) is 6.92 Å². The second kappa shape index (κ2) is 6.53. The fraction of sp³-hybridized carbons (Fsp3) is 0.636. The molecule has 0 N–H and O–H groups in total. The van der Waals surface area contributed by atoms with E-state index in [4.69, 9.17) is 16.3 Å². The summed E-state index contributed by atoms with van der Waals surface area (Å²) in [6, 6.07) is 1.81. The molecule has 0 amide bonds. The lowest BCUT2D eigenvalue weighted by atomic mass is 10.4. The molecule has 16 heavy (non-hydrogen) atoms. The van der Waals surface area contributed by atoms with Crippen molar-refractivity contribution in [1.29, 1.82) is 0 Å². The van der Waals surface area contributed by atoms with Crippen molar-refractivity contribution in [3.63, 3.8) is 0 Å². The van der Waals surface area contributed by atoms with Crippen LogP contribution in [-0.2, 0) is 0 Å². The van der Waals surface area contributed by atoms with Gasteiger partial charge >= 0.3 is 0 Å². The van der Waals surface area contributed by atoms with Crippen molar-refractivity contribution in [2.24, 2.45) is 0 Å². The summed E-state index contributed by atoms with van der Waals surface area (Å²) in [5, 5.41) is 0. The van der Waals surface area contributed by atoms with Crippen LogP contribution in [0.1, 0.15) is 19.0 Å². The monoisotopic (exact) mass is 243 g/mol. The first kappa shape index (κ1) is 13.0. The number of anilines is 1. The van der Waals surface area contributed by atoms with Crippen molar-refractivity contribution in [3.05, 3.63) is 11.8 Å². The zero-order valence-electron chi connectivity index (χ0n) is 10.0. The lowest BCUT2D eigenvalue weighted by Gasteiger charge is -2.21. The summed E-state index contributed by atoms with van der Waals surface area (Å²) >= 11 is 5.77. The lowest BCUT2D eigenvalue weighted by Crippen LogP contribution is -2.28. The van der Waals surface area contributed by atoms with Gasteiger partial charge in [0.05, 0.1) is 7.11 Å². The number of aromatic nitrogens is 2. The topological polar surface area (TPSA) is 38.2 Å². The highest BCUT2D eigenvalue weighted by molar-refractivity contribution is 6.18. The van der Waals surface area contributed by atoms with Gasteiger partial charge in [0, 0.05) is 30.7 Å². The third-order valence-corrected chi connectivity index (χ3v) is 2.33. The molecule has 0 spiro atoms. The van der Waals surface area contributed by atoms with Crippen molar-refractivity contribution in [3.8, 4) is 5.88 Å². The van der Waals surface area contributed by atoms with Crippen LogP contribution in [0.25, 0.3) is 0 Å². The Balaban J connectivity index is 2.93. The molecule has 4 nitrogen and oxygen atoms in total. The zero-order chi connectivity index (χ0) is 12.0. The van der Waals surface area contributed by atoms with Crippen LogP contribution in [0.15, 0.2) is 6.07 Å². The van der Waals surface area contributed by atoms with Gasteiger partial charge in [0.15, 0.2) is 0 Å². The SMILES string of the molecule is CCCN(CCCl)c1nc(C)cc(OC)n1. The van der Waals surface area contributed by atoms with Crippen molar-refractivity contribution in [1.82, 2.24) is 9.97 Å². The fourth-order valence-electron chi connectivity index (χ4n) is 1.45. The van der Waals surface area contributed by atoms with Gasteiger partial charge in [0.1, 0.15) is 0 Å². The predicted octanol–water partition coefficient (Wildman–Crippen LogP) is 2.25. The lowest BCUT2D eigenvalue weighted by molar-refractivity contribution is 0.396. The second-order valence-electron chi connectivity index (χ2n) is 3.53. The maximum atomic E-state index is 5.77. The molecule has 1 aromatic rings. The number of aryl methyl sites for hydroxylation is 1. The highest BCUT2D eigenvalue weighted by Gasteiger charge is 2.10. The molecule has 0 unspecified atom stereocenters. The van der Waals surface area contributed by atoms with Crippen molar-refractivity contribution in [2.75, 3.05) is 31.0 Å². The Bertz CT molecular complexity index is 327. The number of hydrogen-bond donors (Lipinski definition) is 0. The van der Waals surface area contributed by atoms with Crippen LogP contribution in [0.5, 0.6) is 5.88 Å². The van der Waals surface area contributed by atoms with Gasteiger partial charge in [-0.3, -0.25) is 0 Å². The first-order chi connectivity index (χ1) is 7.71. The van der Waals surface area contributed by atoms with E-state index >= 15 is 0 Å². The molecule has 0 aliphatic heterocycles. The van der Waals surface area contributed by atoms with Gasteiger partial charge in [-0.1, -0.05) is 6.92 Å². The zero-order valence-corrected chi connectivity index (χ0v) is 10.8. The highest BCUT2D eigenvalue weighted by atomic mass is 35.5. The van der Waals surface area contributed by atoms with E-state index in [-0.39, 0.29) is 0 Å². The molecule has 0 atom stereocenters. The van der Waals surface area contributed by atoms with E-state index in [1.54, 1.807) is 7.11 Å². The number of ether oxygens (including phenoxy) is 1. The number of rotatable bonds is 6. The number of halogens is 1. The van der Waals surface area contributed by atoms with E-state index in [0.717, 1.165) is 25.2 Å². The van der Waals surface area contributed by atoms with Crippen LogP contribution < -0.4 is 9.64 Å². The molecule has 5 heteroatoms.